The average Bonchev–Trinajstić information content (AvgIpc) is 2.87. The van der Waals surface area contributed by atoms with Crippen LogP contribution in [0.25, 0.3) is 0 Å². The van der Waals surface area contributed by atoms with Gasteiger partial charge in [-0.25, -0.2) is 5.43 Å². The van der Waals surface area contributed by atoms with Gasteiger partial charge in [0.25, 0.3) is 0 Å². The Morgan fingerprint density at radius 3 is 2.58 bits per heavy atom. The zero-order chi connectivity index (χ0) is 25.5. The van der Waals surface area contributed by atoms with Gasteiger partial charge in [0.15, 0.2) is 11.5 Å². The first-order chi connectivity index (χ1) is 17.4. The fourth-order valence-electron chi connectivity index (χ4n) is 3.53. The van der Waals surface area contributed by atoms with Crippen LogP contribution in [0, 0.1) is 13.8 Å². The molecule has 11 nitrogen and oxygen atoms in total. The maximum atomic E-state index is 11.3. The number of methoxy groups -OCH3 is 1. The highest BCUT2D eigenvalue weighted by Crippen LogP contribution is 2.28. The number of anilines is 4. The Labute approximate surface area is 209 Å². The molecular formula is C25H29N7O4. The lowest BCUT2D eigenvalue weighted by Gasteiger charge is -2.27. The molecule has 36 heavy (non-hydrogen) atoms. The molecule has 1 fully saturated rings. The van der Waals surface area contributed by atoms with Gasteiger partial charge in [-0.2, -0.15) is 20.1 Å². The average molecular weight is 492 g/mol. The summed E-state index contributed by atoms with van der Waals surface area (Å²) in [6.45, 7) is 7.98. The molecule has 1 saturated heterocycles. The number of nitrogens with zero attached hydrogens (tertiary/aromatic N) is 5. The second kappa shape index (κ2) is 11.5. The van der Waals surface area contributed by atoms with Crippen LogP contribution in [0.5, 0.6) is 11.5 Å². The number of esters is 1. The van der Waals surface area contributed by atoms with Crippen molar-refractivity contribution < 1.29 is 19.0 Å². The number of aromatic nitrogens is 3. The van der Waals surface area contributed by atoms with Crippen LogP contribution >= 0.6 is 0 Å². The van der Waals surface area contributed by atoms with E-state index in [-0.39, 0.29) is 0 Å². The predicted octanol–water partition coefficient (Wildman–Crippen LogP) is 3.45. The number of ether oxygens (including phenoxy) is 3. The molecule has 0 saturated carbocycles. The van der Waals surface area contributed by atoms with Gasteiger partial charge < -0.3 is 24.4 Å². The van der Waals surface area contributed by atoms with E-state index in [0.717, 1.165) is 22.4 Å². The number of carbonyl (C=O) groups is 1. The number of rotatable bonds is 8. The van der Waals surface area contributed by atoms with Gasteiger partial charge in [0, 0.05) is 25.7 Å². The van der Waals surface area contributed by atoms with Crippen LogP contribution < -0.4 is 25.1 Å². The number of aryl methyl sites for hydroxylation is 2. The molecule has 0 atom stereocenters. The Morgan fingerprint density at radius 1 is 1.06 bits per heavy atom. The largest absolute Gasteiger partial charge is 0.493 e. The summed E-state index contributed by atoms with van der Waals surface area (Å²) < 4.78 is 15.9. The van der Waals surface area contributed by atoms with E-state index < -0.39 is 5.97 Å². The molecule has 0 bridgehead atoms. The number of hydrogen-bond donors (Lipinski definition) is 2. The molecule has 2 aromatic carbocycles. The summed E-state index contributed by atoms with van der Waals surface area (Å²) in [6.07, 6.45) is 1.59. The zero-order valence-corrected chi connectivity index (χ0v) is 20.7. The van der Waals surface area contributed by atoms with Crippen LogP contribution in [0.4, 0.5) is 23.5 Å². The summed E-state index contributed by atoms with van der Waals surface area (Å²) in [5, 5.41) is 7.59. The van der Waals surface area contributed by atoms with E-state index in [0.29, 0.717) is 55.6 Å². The lowest BCUT2D eigenvalue weighted by molar-refractivity contribution is -0.132. The minimum absolute atomic E-state index is 0.291. The summed E-state index contributed by atoms with van der Waals surface area (Å²) in [5.41, 5.74) is 6.75. The molecule has 1 aromatic heterocycles. The zero-order valence-electron chi connectivity index (χ0n) is 20.7. The van der Waals surface area contributed by atoms with E-state index >= 15 is 0 Å². The maximum absolute atomic E-state index is 11.3. The van der Waals surface area contributed by atoms with E-state index in [1.54, 1.807) is 24.4 Å². The summed E-state index contributed by atoms with van der Waals surface area (Å²) >= 11 is 0. The molecule has 4 rings (SSSR count). The minimum atomic E-state index is -0.424. The lowest BCUT2D eigenvalue weighted by atomic mass is 10.1. The maximum Gasteiger partial charge on any atom is 0.308 e. The van der Waals surface area contributed by atoms with E-state index in [9.17, 15) is 4.79 Å². The summed E-state index contributed by atoms with van der Waals surface area (Å²) in [6, 6.07) is 11.3. The molecule has 11 heteroatoms. The van der Waals surface area contributed by atoms with Crippen molar-refractivity contribution in [2.24, 2.45) is 5.10 Å². The first-order valence-corrected chi connectivity index (χ1v) is 11.5. The number of morpholine rings is 1. The SMILES string of the molecule is COc1cc(/C=N\Nc2nc(Nc3cc(C)ccc3C)nc(N3CCOCC3)n2)ccc1OC(C)=O. The summed E-state index contributed by atoms with van der Waals surface area (Å²) in [5.74, 6) is 1.57. The predicted molar refractivity (Wildman–Crippen MR) is 138 cm³/mol. The van der Waals surface area contributed by atoms with Gasteiger partial charge in [0.1, 0.15) is 0 Å². The van der Waals surface area contributed by atoms with E-state index in [1.165, 1.54) is 14.0 Å². The van der Waals surface area contributed by atoms with Crippen LogP contribution in [0.2, 0.25) is 0 Å². The Kier molecular flexibility index (Phi) is 7.91. The van der Waals surface area contributed by atoms with E-state index in [1.807, 2.05) is 30.9 Å². The molecule has 0 aliphatic carbocycles. The third kappa shape index (κ3) is 6.45. The van der Waals surface area contributed by atoms with Crippen LogP contribution in [-0.4, -0.2) is 60.5 Å². The second-order valence-corrected chi connectivity index (χ2v) is 8.20. The van der Waals surface area contributed by atoms with Crippen LogP contribution in [0.15, 0.2) is 41.5 Å². The van der Waals surface area contributed by atoms with Crippen molar-refractivity contribution >= 4 is 35.7 Å². The molecule has 1 aliphatic heterocycles. The van der Waals surface area contributed by atoms with Gasteiger partial charge in [0.05, 0.1) is 26.5 Å². The van der Waals surface area contributed by atoms with Gasteiger partial charge in [-0.3, -0.25) is 4.79 Å². The highest BCUT2D eigenvalue weighted by atomic mass is 16.6. The molecule has 0 unspecified atom stereocenters. The van der Waals surface area contributed by atoms with Crippen molar-refractivity contribution in [3.63, 3.8) is 0 Å². The van der Waals surface area contributed by atoms with Crippen molar-refractivity contribution in [1.29, 1.82) is 0 Å². The Morgan fingerprint density at radius 2 is 1.83 bits per heavy atom. The van der Waals surface area contributed by atoms with Gasteiger partial charge in [-0.1, -0.05) is 12.1 Å². The van der Waals surface area contributed by atoms with Crippen molar-refractivity contribution in [3.05, 3.63) is 53.1 Å². The molecular weight excluding hydrogens is 462 g/mol. The number of hydrogen-bond acceptors (Lipinski definition) is 11. The molecule has 2 heterocycles. The first-order valence-electron chi connectivity index (χ1n) is 11.5. The Bertz CT molecular complexity index is 1260. The van der Waals surface area contributed by atoms with Gasteiger partial charge >= 0.3 is 5.97 Å². The lowest BCUT2D eigenvalue weighted by Crippen LogP contribution is -2.37. The molecule has 0 spiro atoms. The van der Waals surface area contributed by atoms with Crippen LogP contribution in [0.3, 0.4) is 0 Å². The normalized spacial score (nSPS) is 13.5. The number of hydrazone groups is 1. The molecule has 2 N–H and O–H groups in total. The summed E-state index contributed by atoms with van der Waals surface area (Å²) in [4.78, 5) is 27.0. The van der Waals surface area contributed by atoms with Gasteiger partial charge in [-0.15, -0.1) is 0 Å². The molecule has 188 valence electrons. The third-order valence-electron chi connectivity index (χ3n) is 5.38. The van der Waals surface area contributed by atoms with Crippen LogP contribution in [0.1, 0.15) is 23.6 Å². The Hall–Kier alpha value is -4.25. The Balaban J connectivity index is 1.57. The molecule has 3 aromatic rings. The highest BCUT2D eigenvalue weighted by molar-refractivity contribution is 5.82. The highest BCUT2D eigenvalue weighted by Gasteiger charge is 2.17. The van der Waals surface area contributed by atoms with Crippen molar-refractivity contribution in [2.75, 3.05) is 49.1 Å². The van der Waals surface area contributed by atoms with Crippen LogP contribution in [-0.2, 0) is 9.53 Å². The fourth-order valence-corrected chi connectivity index (χ4v) is 3.53. The van der Waals surface area contributed by atoms with Crippen molar-refractivity contribution in [1.82, 2.24) is 15.0 Å². The number of carbonyl (C=O) groups excluding carboxylic acids is 1. The second-order valence-electron chi connectivity index (χ2n) is 8.20. The third-order valence-corrected chi connectivity index (χ3v) is 5.38. The molecule has 1 aliphatic rings. The van der Waals surface area contributed by atoms with Crippen molar-refractivity contribution in [3.8, 4) is 11.5 Å². The molecule has 0 radical (unpaired) electrons. The monoisotopic (exact) mass is 491 g/mol. The number of nitrogens with one attached hydrogen (secondary N) is 2. The smallest absolute Gasteiger partial charge is 0.308 e. The minimum Gasteiger partial charge on any atom is -0.493 e. The van der Waals surface area contributed by atoms with E-state index in [4.69, 9.17) is 14.2 Å². The van der Waals surface area contributed by atoms with E-state index in [2.05, 4.69) is 36.9 Å². The number of benzene rings is 2. The summed E-state index contributed by atoms with van der Waals surface area (Å²) in [7, 11) is 1.50. The fraction of sp³-hybridized carbons (Fsp3) is 0.320. The molecule has 0 amide bonds. The quantitative estimate of drug-likeness (QED) is 0.210. The van der Waals surface area contributed by atoms with Gasteiger partial charge in [-0.05, 0) is 54.8 Å². The standard InChI is InChI=1S/C25H29N7O4/c1-16-5-6-17(2)20(13-16)27-23-28-24(30-25(29-23)32-9-11-35-12-10-32)31-26-15-19-7-8-21(36-18(3)33)22(14-19)34-4/h5-8,13-15H,9-12H2,1-4H3,(H2,27,28,29,30,31)/b26-15-. The van der Waals surface area contributed by atoms with Crippen molar-refractivity contribution in [2.45, 2.75) is 20.8 Å². The topological polar surface area (TPSA) is 123 Å². The van der Waals surface area contributed by atoms with Gasteiger partial charge in [0.2, 0.25) is 17.8 Å². The first kappa shape index (κ1) is 24.9.